The number of hydrogen-bond donors (Lipinski definition) is 1. The van der Waals surface area contributed by atoms with Crippen molar-refractivity contribution in [1.29, 1.82) is 0 Å². The number of benzene rings is 2. The van der Waals surface area contributed by atoms with E-state index in [1.165, 1.54) is 5.56 Å². The van der Waals surface area contributed by atoms with Gasteiger partial charge in [0.2, 0.25) is 0 Å². The maximum atomic E-state index is 13.3. The summed E-state index contributed by atoms with van der Waals surface area (Å²) in [4.78, 5) is 24.9. The summed E-state index contributed by atoms with van der Waals surface area (Å²) in [6, 6.07) is 26.1. The van der Waals surface area contributed by atoms with Gasteiger partial charge < -0.3 is 17.7 Å². The van der Waals surface area contributed by atoms with Crippen molar-refractivity contribution in [2.75, 3.05) is 13.1 Å². The van der Waals surface area contributed by atoms with E-state index in [-0.39, 0.29) is 24.4 Å². The van der Waals surface area contributed by atoms with Crippen LogP contribution in [0.1, 0.15) is 28.8 Å². The van der Waals surface area contributed by atoms with E-state index >= 15 is 0 Å². The van der Waals surface area contributed by atoms with Crippen molar-refractivity contribution >= 4 is 16.8 Å². The van der Waals surface area contributed by atoms with Crippen LogP contribution in [0, 0.1) is 0 Å². The lowest BCUT2D eigenvalue weighted by Gasteiger charge is -2.32. The van der Waals surface area contributed by atoms with Crippen LogP contribution in [0.5, 0.6) is 0 Å². The quantitative estimate of drug-likeness (QED) is 0.495. The second-order valence-electron chi connectivity index (χ2n) is 8.30. The molecule has 1 saturated heterocycles. The summed E-state index contributed by atoms with van der Waals surface area (Å²) in [7, 11) is 0. The molecule has 0 bridgehead atoms. The minimum Gasteiger partial charge on any atom is -1.00 e. The molecule has 1 aliphatic heterocycles. The Hall–Kier alpha value is -3.28. The average Bonchev–Trinajstić information content (AvgIpc) is 2.85. The molecule has 1 N–H and O–H groups in total. The highest BCUT2D eigenvalue weighted by atomic mass is 35.5. The van der Waals surface area contributed by atoms with Crippen LogP contribution >= 0.6 is 0 Å². The molecule has 0 saturated carbocycles. The van der Waals surface area contributed by atoms with Gasteiger partial charge in [-0.1, -0.05) is 54.6 Å². The number of halogens is 1. The molecule has 5 rings (SSSR count). The van der Waals surface area contributed by atoms with Crippen LogP contribution in [0.3, 0.4) is 0 Å². The zero-order chi connectivity index (χ0) is 21.8. The van der Waals surface area contributed by atoms with E-state index < -0.39 is 0 Å². The largest absolute Gasteiger partial charge is 1.00 e. The van der Waals surface area contributed by atoms with Gasteiger partial charge in [-0.05, 0) is 42.7 Å². The van der Waals surface area contributed by atoms with Crippen LogP contribution in [0.25, 0.3) is 22.3 Å². The highest BCUT2D eigenvalue weighted by molar-refractivity contribution is 6.07. The molecule has 168 valence electrons. The minimum atomic E-state index is -0.0395. The average molecular weight is 458 g/mol. The first-order valence-electron chi connectivity index (χ1n) is 11.1. The van der Waals surface area contributed by atoms with Gasteiger partial charge in [-0.25, -0.2) is 4.98 Å². The Morgan fingerprint density at radius 1 is 0.909 bits per heavy atom. The third-order valence-electron chi connectivity index (χ3n) is 6.06. The number of rotatable bonds is 5. The number of hydrogen-bond acceptors (Lipinski definition) is 4. The third-order valence-corrected chi connectivity index (χ3v) is 6.06. The molecular formula is C27H26ClN4O-. The number of aromatic nitrogens is 2. The molecule has 2 aromatic carbocycles. The fourth-order valence-electron chi connectivity index (χ4n) is 4.35. The predicted molar refractivity (Wildman–Crippen MR) is 127 cm³/mol. The molecule has 0 unspecified atom stereocenters. The summed E-state index contributed by atoms with van der Waals surface area (Å²) in [5, 5.41) is 4.14. The van der Waals surface area contributed by atoms with Crippen molar-refractivity contribution < 1.29 is 17.2 Å². The molecule has 1 aliphatic rings. The van der Waals surface area contributed by atoms with Crippen LogP contribution < -0.4 is 17.7 Å². The Bertz CT molecular complexity index is 1210. The Morgan fingerprint density at radius 3 is 2.39 bits per heavy atom. The van der Waals surface area contributed by atoms with E-state index in [1.807, 2.05) is 54.6 Å². The number of nitrogens with one attached hydrogen (secondary N) is 1. The third kappa shape index (κ3) is 5.38. The highest BCUT2D eigenvalue weighted by Crippen LogP contribution is 2.24. The van der Waals surface area contributed by atoms with Gasteiger partial charge in [-0.15, -0.1) is 0 Å². The summed E-state index contributed by atoms with van der Waals surface area (Å²) in [5.41, 5.74) is 4.27. The van der Waals surface area contributed by atoms with Gasteiger partial charge in [-0.3, -0.25) is 14.7 Å². The molecule has 6 heteroatoms. The summed E-state index contributed by atoms with van der Waals surface area (Å²) >= 11 is 0. The summed E-state index contributed by atoms with van der Waals surface area (Å²) in [6.07, 6.45) is 3.65. The molecule has 0 radical (unpaired) electrons. The van der Waals surface area contributed by atoms with Crippen LogP contribution in [0.4, 0.5) is 0 Å². The number of piperidine rings is 1. The van der Waals surface area contributed by atoms with Gasteiger partial charge in [-0.2, -0.15) is 0 Å². The van der Waals surface area contributed by atoms with Gasteiger partial charge in [0.25, 0.3) is 5.91 Å². The zero-order valence-corrected chi connectivity index (χ0v) is 19.1. The van der Waals surface area contributed by atoms with E-state index in [1.54, 1.807) is 6.20 Å². The molecular weight excluding hydrogens is 432 g/mol. The molecule has 3 heterocycles. The molecule has 0 spiro atoms. The number of pyridine rings is 2. The Kier molecular flexibility index (Phi) is 7.33. The summed E-state index contributed by atoms with van der Waals surface area (Å²) in [5.74, 6) is -0.0395. The number of fused-ring (bicyclic) bond motifs is 1. The lowest BCUT2D eigenvalue weighted by Crippen LogP contribution is -3.00. The normalized spacial score (nSPS) is 14.5. The van der Waals surface area contributed by atoms with Gasteiger partial charge in [0.15, 0.2) is 0 Å². The van der Waals surface area contributed by atoms with Crippen LogP contribution in [-0.4, -0.2) is 39.9 Å². The topological polar surface area (TPSA) is 58.1 Å². The maximum absolute atomic E-state index is 13.3. The van der Waals surface area contributed by atoms with E-state index in [2.05, 4.69) is 39.5 Å². The van der Waals surface area contributed by atoms with E-state index in [0.29, 0.717) is 11.3 Å². The fraction of sp³-hybridized carbons (Fsp3) is 0.222. The second-order valence-corrected chi connectivity index (χ2v) is 8.30. The Balaban J connectivity index is 0.00000259. The van der Waals surface area contributed by atoms with Crippen LogP contribution in [0.15, 0.2) is 85.1 Å². The van der Waals surface area contributed by atoms with Gasteiger partial charge in [0.05, 0.1) is 22.5 Å². The van der Waals surface area contributed by atoms with E-state index in [0.717, 1.165) is 49.1 Å². The van der Waals surface area contributed by atoms with E-state index in [4.69, 9.17) is 4.98 Å². The van der Waals surface area contributed by atoms with E-state index in [9.17, 15) is 4.79 Å². The number of amides is 1. The molecule has 1 amide bonds. The molecule has 0 aliphatic carbocycles. The molecule has 5 nitrogen and oxygen atoms in total. The van der Waals surface area contributed by atoms with Crippen LogP contribution in [-0.2, 0) is 6.54 Å². The predicted octanol–water partition coefficient (Wildman–Crippen LogP) is 1.70. The lowest BCUT2D eigenvalue weighted by atomic mass is 10.0. The van der Waals surface area contributed by atoms with Crippen molar-refractivity contribution in [1.82, 2.24) is 20.2 Å². The standard InChI is InChI=1S/C27H26N4O.ClH/c32-27(29-21-13-16-31(17-14-21)19-20-8-2-1-3-9-20)23-18-26(25-12-6-7-15-28-25)30-24-11-5-4-10-22(23)24;/h1-12,15,18,21H,13-14,16-17,19H2,(H,29,32);1H/p-1. The lowest BCUT2D eigenvalue weighted by molar-refractivity contribution is -0.0000154. The zero-order valence-electron chi connectivity index (χ0n) is 18.3. The number of para-hydroxylation sites is 1. The van der Waals surface area contributed by atoms with Gasteiger partial charge in [0.1, 0.15) is 0 Å². The maximum Gasteiger partial charge on any atom is 0.252 e. The summed E-state index contributed by atoms with van der Waals surface area (Å²) in [6.45, 7) is 2.93. The fourth-order valence-corrected chi connectivity index (χ4v) is 4.35. The summed E-state index contributed by atoms with van der Waals surface area (Å²) < 4.78 is 0. The number of carbonyl (C=O) groups excluding carboxylic acids is 1. The van der Waals surface area contributed by atoms with Crippen LogP contribution in [0.2, 0.25) is 0 Å². The first-order chi connectivity index (χ1) is 15.8. The smallest absolute Gasteiger partial charge is 0.252 e. The molecule has 1 fully saturated rings. The number of nitrogens with zero attached hydrogens (tertiary/aromatic N) is 3. The minimum absolute atomic E-state index is 0. The first-order valence-corrected chi connectivity index (χ1v) is 11.1. The Morgan fingerprint density at radius 2 is 1.64 bits per heavy atom. The van der Waals surface area contributed by atoms with Gasteiger partial charge >= 0.3 is 0 Å². The van der Waals surface area contributed by atoms with Crippen molar-refractivity contribution in [2.45, 2.75) is 25.4 Å². The molecule has 33 heavy (non-hydrogen) atoms. The van der Waals surface area contributed by atoms with Crippen molar-refractivity contribution in [3.63, 3.8) is 0 Å². The molecule has 2 aromatic heterocycles. The van der Waals surface area contributed by atoms with Crippen molar-refractivity contribution in [2.24, 2.45) is 0 Å². The Labute approximate surface area is 200 Å². The first kappa shape index (κ1) is 22.9. The van der Waals surface area contributed by atoms with Crippen molar-refractivity contribution in [3.05, 3.63) is 96.2 Å². The number of likely N-dealkylation sites (tertiary alicyclic amines) is 1. The van der Waals surface area contributed by atoms with Crippen molar-refractivity contribution in [3.8, 4) is 11.4 Å². The second kappa shape index (κ2) is 10.6. The number of carbonyl (C=O) groups is 1. The monoisotopic (exact) mass is 457 g/mol. The molecule has 0 atom stereocenters. The SMILES string of the molecule is O=C(NC1CCN(Cc2ccccc2)CC1)c1cc(-c2ccccn2)nc2ccccc12.[Cl-]. The van der Waals surface area contributed by atoms with Gasteiger partial charge in [0, 0.05) is 37.3 Å². The highest BCUT2D eigenvalue weighted by Gasteiger charge is 2.22. The molecule has 4 aromatic rings.